The van der Waals surface area contributed by atoms with Crippen LogP contribution in [0.15, 0.2) is 26.9 Å². The number of nitrogens with zero attached hydrogens (tertiary/aromatic N) is 3. The van der Waals surface area contributed by atoms with Crippen molar-refractivity contribution in [1.29, 1.82) is 0 Å². The zero-order valence-electron chi connectivity index (χ0n) is 14.0. The summed E-state index contributed by atoms with van der Waals surface area (Å²) < 4.78 is 3.36. The molecule has 0 unspecified atom stereocenters. The lowest BCUT2D eigenvalue weighted by Gasteiger charge is -2.07. The second-order valence-electron chi connectivity index (χ2n) is 5.48. The molecule has 2 heterocycles. The molecule has 0 bridgehead atoms. The SMILES string of the molecule is C/C=C/CSc1nc2c(c(=O)[nH]c(=O)n2C)n1CCCCCC. The number of imidazole rings is 1. The first kappa shape index (κ1) is 17.6. The molecule has 0 amide bonds. The van der Waals surface area contributed by atoms with Crippen molar-refractivity contribution in [3.8, 4) is 0 Å². The highest BCUT2D eigenvalue weighted by Crippen LogP contribution is 2.22. The minimum Gasteiger partial charge on any atom is -0.313 e. The molecular weight excluding hydrogens is 312 g/mol. The molecular formula is C16H24N4O2S. The van der Waals surface area contributed by atoms with E-state index in [4.69, 9.17) is 0 Å². The molecule has 23 heavy (non-hydrogen) atoms. The van der Waals surface area contributed by atoms with Crippen molar-refractivity contribution in [2.24, 2.45) is 7.05 Å². The normalized spacial score (nSPS) is 11.8. The Kier molecular flexibility index (Phi) is 6.27. The zero-order valence-corrected chi connectivity index (χ0v) is 14.8. The van der Waals surface area contributed by atoms with Crippen molar-refractivity contribution in [2.45, 2.75) is 51.2 Å². The fourth-order valence-electron chi connectivity index (χ4n) is 2.45. The van der Waals surface area contributed by atoms with Crippen molar-refractivity contribution < 1.29 is 0 Å². The van der Waals surface area contributed by atoms with Crippen LogP contribution in [0.3, 0.4) is 0 Å². The van der Waals surface area contributed by atoms with Crippen molar-refractivity contribution in [2.75, 3.05) is 5.75 Å². The maximum atomic E-state index is 12.3. The van der Waals surface area contributed by atoms with E-state index in [1.807, 2.05) is 17.6 Å². The summed E-state index contributed by atoms with van der Waals surface area (Å²) in [4.78, 5) is 30.9. The van der Waals surface area contributed by atoms with E-state index in [-0.39, 0.29) is 5.56 Å². The third-order valence-corrected chi connectivity index (χ3v) is 4.68. The molecule has 0 spiro atoms. The van der Waals surface area contributed by atoms with Gasteiger partial charge in [0.25, 0.3) is 5.56 Å². The van der Waals surface area contributed by atoms with Crippen molar-refractivity contribution in [3.63, 3.8) is 0 Å². The second-order valence-corrected chi connectivity index (χ2v) is 6.46. The highest BCUT2D eigenvalue weighted by Gasteiger charge is 2.16. The highest BCUT2D eigenvalue weighted by molar-refractivity contribution is 7.99. The van der Waals surface area contributed by atoms with Crippen LogP contribution in [0.5, 0.6) is 0 Å². The molecule has 0 saturated heterocycles. The van der Waals surface area contributed by atoms with E-state index in [0.717, 1.165) is 30.3 Å². The number of aromatic amines is 1. The lowest BCUT2D eigenvalue weighted by Crippen LogP contribution is -2.29. The fraction of sp³-hybridized carbons (Fsp3) is 0.562. The van der Waals surface area contributed by atoms with Gasteiger partial charge in [-0.1, -0.05) is 50.1 Å². The third-order valence-electron chi connectivity index (χ3n) is 3.75. The largest absolute Gasteiger partial charge is 0.329 e. The van der Waals surface area contributed by atoms with Crippen LogP contribution in [0.1, 0.15) is 39.5 Å². The lowest BCUT2D eigenvalue weighted by atomic mass is 10.2. The molecule has 1 N–H and O–H groups in total. The van der Waals surface area contributed by atoms with Gasteiger partial charge in [-0.05, 0) is 13.3 Å². The molecule has 2 aromatic heterocycles. The van der Waals surface area contributed by atoms with Crippen LogP contribution < -0.4 is 11.2 Å². The van der Waals surface area contributed by atoms with E-state index in [0.29, 0.717) is 11.2 Å². The van der Waals surface area contributed by atoms with Gasteiger partial charge in [0.15, 0.2) is 16.3 Å². The number of H-pyrrole nitrogens is 1. The summed E-state index contributed by atoms with van der Waals surface area (Å²) in [5.74, 6) is 0.792. The number of hydrogen-bond acceptors (Lipinski definition) is 4. The van der Waals surface area contributed by atoms with Crippen LogP contribution in [0.4, 0.5) is 0 Å². The Morgan fingerprint density at radius 3 is 2.74 bits per heavy atom. The Balaban J connectivity index is 2.45. The monoisotopic (exact) mass is 336 g/mol. The standard InChI is InChI=1S/C16H24N4O2S/c1-4-6-8-9-10-20-12-13(17-16(20)23-11-7-5-2)19(3)15(22)18-14(12)21/h5,7H,4,6,8-11H2,1-3H3,(H,18,21,22)/b7-5+. The van der Waals surface area contributed by atoms with Gasteiger partial charge in [-0.15, -0.1) is 0 Å². The Labute approximate surface area is 139 Å². The Hall–Kier alpha value is -1.76. The van der Waals surface area contributed by atoms with E-state index < -0.39 is 5.69 Å². The van der Waals surface area contributed by atoms with Crippen LogP contribution in [0, 0.1) is 0 Å². The molecule has 0 saturated carbocycles. The van der Waals surface area contributed by atoms with Crippen LogP contribution >= 0.6 is 11.8 Å². The summed E-state index contributed by atoms with van der Waals surface area (Å²) >= 11 is 1.58. The number of aromatic nitrogens is 4. The van der Waals surface area contributed by atoms with E-state index in [1.54, 1.807) is 18.8 Å². The number of rotatable bonds is 8. The van der Waals surface area contributed by atoms with Crippen molar-refractivity contribution >= 4 is 22.9 Å². The molecule has 0 aliphatic carbocycles. The van der Waals surface area contributed by atoms with Gasteiger partial charge in [-0.3, -0.25) is 14.3 Å². The molecule has 2 aromatic rings. The highest BCUT2D eigenvalue weighted by atomic mass is 32.2. The molecule has 0 atom stereocenters. The predicted octanol–water partition coefficient (Wildman–Crippen LogP) is 2.67. The maximum absolute atomic E-state index is 12.3. The van der Waals surface area contributed by atoms with Gasteiger partial charge in [-0.2, -0.15) is 0 Å². The number of aryl methyl sites for hydroxylation is 2. The Bertz CT molecular complexity index is 801. The number of unbranched alkanes of at least 4 members (excludes halogenated alkanes) is 3. The predicted molar refractivity (Wildman–Crippen MR) is 95.3 cm³/mol. The van der Waals surface area contributed by atoms with E-state index in [2.05, 4.69) is 23.0 Å². The summed E-state index contributed by atoms with van der Waals surface area (Å²) in [6.07, 6.45) is 8.52. The second kappa shape index (κ2) is 8.19. The Morgan fingerprint density at radius 1 is 1.26 bits per heavy atom. The number of nitrogens with one attached hydrogen (secondary N) is 1. The van der Waals surface area contributed by atoms with Gasteiger partial charge in [0.1, 0.15) is 0 Å². The summed E-state index contributed by atoms with van der Waals surface area (Å²) in [5, 5.41) is 0.793. The number of fused-ring (bicyclic) bond motifs is 1. The number of hydrogen-bond donors (Lipinski definition) is 1. The summed E-state index contributed by atoms with van der Waals surface area (Å²) in [5.41, 5.74) is 0.163. The molecule has 6 nitrogen and oxygen atoms in total. The van der Waals surface area contributed by atoms with Gasteiger partial charge in [-0.25, -0.2) is 9.78 Å². The van der Waals surface area contributed by atoms with Gasteiger partial charge in [0.2, 0.25) is 0 Å². The van der Waals surface area contributed by atoms with Crippen LogP contribution in [-0.2, 0) is 13.6 Å². The van der Waals surface area contributed by atoms with E-state index in [1.165, 1.54) is 17.4 Å². The molecule has 0 radical (unpaired) electrons. The number of thioether (sulfide) groups is 1. The quantitative estimate of drug-likeness (QED) is 0.457. The first-order chi connectivity index (χ1) is 11.1. The van der Waals surface area contributed by atoms with Gasteiger partial charge >= 0.3 is 5.69 Å². The molecule has 126 valence electrons. The summed E-state index contributed by atoms with van der Waals surface area (Å²) in [7, 11) is 1.63. The lowest BCUT2D eigenvalue weighted by molar-refractivity contribution is 0.562. The maximum Gasteiger partial charge on any atom is 0.329 e. The average molecular weight is 336 g/mol. The van der Waals surface area contributed by atoms with Crippen LogP contribution in [0.25, 0.3) is 11.2 Å². The molecule has 2 rings (SSSR count). The summed E-state index contributed by atoms with van der Waals surface area (Å²) in [6, 6.07) is 0. The zero-order chi connectivity index (χ0) is 16.8. The van der Waals surface area contributed by atoms with Gasteiger partial charge in [0.05, 0.1) is 0 Å². The smallest absolute Gasteiger partial charge is 0.313 e. The Morgan fingerprint density at radius 2 is 2.04 bits per heavy atom. The first-order valence-corrected chi connectivity index (χ1v) is 9.02. The average Bonchev–Trinajstić information content (AvgIpc) is 2.89. The third kappa shape index (κ3) is 3.96. The van der Waals surface area contributed by atoms with Crippen molar-refractivity contribution in [1.82, 2.24) is 19.1 Å². The van der Waals surface area contributed by atoms with Crippen molar-refractivity contribution in [3.05, 3.63) is 33.0 Å². The van der Waals surface area contributed by atoms with E-state index >= 15 is 0 Å². The molecule has 0 aromatic carbocycles. The molecule has 0 aliphatic rings. The molecule has 0 aliphatic heterocycles. The summed E-state index contributed by atoms with van der Waals surface area (Å²) in [6.45, 7) is 4.89. The van der Waals surface area contributed by atoms with Crippen LogP contribution in [0.2, 0.25) is 0 Å². The number of allylic oxidation sites excluding steroid dienone is 1. The molecule has 7 heteroatoms. The van der Waals surface area contributed by atoms with Gasteiger partial charge in [0, 0.05) is 19.3 Å². The minimum absolute atomic E-state index is 0.357. The minimum atomic E-state index is -0.428. The van der Waals surface area contributed by atoms with E-state index in [9.17, 15) is 9.59 Å². The first-order valence-electron chi connectivity index (χ1n) is 8.03. The molecule has 0 fully saturated rings. The van der Waals surface area contributed by atoms with Crippen LogP contribution in [-0.4, -0.2) is 24.9 Å². The fourth-order valence-corrected chi connectivity index (χ4v) is 3.37. The topological polar surface area (TPSA) is 72.7 Å². The van der Waals surface area contributed by atoms with Gasteiger partial charge < -0.3 is 4.57 Å².